The molecule has 1 aromatic heterocycles. The number of benzene rings is 2. The fraction of sp³-hybridized carbons (Fsp3) is 0.100. The molecule has 4 nitrogen and oxygen atoms in total. The molecule has 0 aliphatic rings. The van der Waals surface area contributed by atoms with E-state index in [2.05, 4.69) is 10.1 Å². The summed E-state index contributed by atoms with van der Waals surface area (Å²) in [5.74, 6) is 0.770. The topological polar surface area (TPSA) is 54.7 Å². The second-order valence-corrected chi connectivity index (χ2v) is 5.83. The average Bonchev–Trinajstić information content (AvgIpc) is 2.66. The second kappa shape index (κ2) is 8.31. The summed E-state index contributed by atoms with van der Waals surface area (Å²) in [5.41, 5.74) is 3.24. The molecule has 1 N–H and O–H groups in total. The minimum absolute atomic E-state index is 0.508. The van der Waals surface area contributed by atoms with Crippen molar-refractivity contribution in [1.82, 2.24) is 4.98 Å². The van der Waals surface area contributed by atoms with Crippen molar-refractivity contribution in [2.75, 3.05) is 6.61 Å². The van der Waals surface area contributed by atoms with E-state index in [-0.39, 0.29) is 0 Å². The summed E-state index contributed by atoms with van der Waals surface area (Å²) in [6.07, 6.45) is 4.03. The molecule has 3 aromatic rings. The minimum atomic E-state index is 0.508. The van der Waals surface area contributed by atoms with E-state index in [1.54, 1.807) is 24.5 Å². The zero-order valence-electron chi connectivity index (χ0n) is 13.5. The number of hydrogen-bond acceptors (Lipinski definition) is 4. The molecule has 0 spiro atoms. The summed E-state index contributed by atoms with van der Waals surface area (Å²) in [6.45, 7) is 0.508. The number of oxime groups is 1. The Morgan fingerprint density at radius 3 is 2.44 bits per heavy atom. The van der Waals surface area contributed by atoms with E-state index in [0.29, 0.717) is 23.8 Å². The Kier molecular flexibility index (Phi) is 5.65. The fourth-order valence-electron chi connectivity index (χ4n) is 2.56. The standard InChI is InChI=1S/C20H17ClN2O2/c21-17-5-7-18(8-6-17)25-14-11-15-3-1-2-4-19(15)20(23-24)16-9-12-22-13-10-16/h1-10,12-13,24H,11,14H2. The maximum absolute atomic E-state index is 9.51. The van der Waals surface area contributed by atoms with Gasteiger partial charge in [-0.1, -0.05) is 41.0 Å². The van der Waals surface area contributed by atoms with E-state index < -0.39 is 0 Å². The van der Waals surface area contributed by atoms with Crippen LogP contribution in [0.5, 0.6) is 5.75 Å². The van der Waals surface area contributed by atoms with Gasteiger partial charge in [0.25, 0.3) is 0 Å². The lowest BCUT2D eigenvalue weighted by atomic mass is 9.96. The van der Waals surface area contributed by atoms with Gasteiger partial charge in [0, 0.05) is 35.0 Å². The van der Waals surface area contributed by atoms with Gasteiger partial charge in [0.15, 0.2) is 0 Å². The molecule has 126 valence electrons. The van der Waals surface area contributed by atoms with Gasteiger partial charge in [-0.3, -0.25) is 4.98 Å². The summed E-state index contributed by atoms with van der Waals surface area (Å²) in [6, 6.07) is 18.7. The molecule has 25 heavy (non-hydrogen) atoms. The van der Waals surface area contributed by atoms with Gasteiger partial charge in [0.2, 0.25) is 0 Å². The molecule has 0 saturated heterocycles. The first kappa shape index (κ1) is 17.0. The van der Waals surface area contributed by atoms with Crippen LogP contribution in [-0.2, 0) is 6.42 Å². The molecule has 0 bridgehead atoms. The molecule has 0 radical (unpaired) electrons. The van der Waals surface area contributed by atoms with Crippen molar-refractivity contribution in [2.24, 2.45) is 5.16 Å². The summed E-state index contributed by atoms with van der Waals surface area (Å²) < 4.78 is 5.77. The summed E-state index contributed by atoms with van der Waals surface area (Å²) in [5, 5.41) is 13.7. The molecule has 2 aromatic carbocycles. The van der Waals surface area contributed by atoms with Crippen LogP contribution in [0.15, 0.2) is 78.2 Å². The Morgan fingerprint density at radius 1 is 1.00 bits per heavy atom. The Balaban J connectivity index is 1.75. The van der Waals surface area contributed by atoms with Crippen molar-refractivity contribution in [3.63, 3.8) is 0 Å². The van der Waals surface area contributed by atoms with Crippen molar-refractivity contribution < 1.29 is 9.94 Å². The zero-order valence-corrected chi connectivity index (χ0v) is 14.2. The van der Waals surface area contributed by atoms with Crippen LogP contribution < -0.4 is 4.74 Å². The zero-order chi connectivity index (χ0) is 17.5. The quantitative estimate of drug-likeness (QED) is 0.401. The van der Waals surface area contributed by atoms with Gasteiger partial charge >= 0.3 is 0 Å². The number of nitrogens with zero attached hydrogens (tertiary/aromatic N) is 2. The molecular formula is C20H17ClN2O2. The lowest BCUT2D eigenvalue weighted by Crippen LogP contribution is -2.10. The predicted molar refractivity (Wildman–Crippen MR) is 98.8 cm³/mol. The van der Waals surface area contributed by atoms with Gasteiger partial charge in [-0.25, -0.2) is 0 Å². The summed E-state index contributed by atoms with van der Waals surface area (Å²) in [4.78, 5) is 4.00. The van der Waals surface area contributed by atoms with Gasteiger partial charge < -0.3 is 9.94 Å². The highest BCUT2D eigenvalue weighted by Gasteiger charge is 2.12. The van der Waals surface area contributed by atoms with Crippen LogP contribution in [0.4, 0.5) is 0 Å². The number of aromatic nitrogens is 1. The van der Waals surface area contributed by atoms with E-state index in [4.69, 9.17) is 16.3 Å². The number of ether oxygens (including phenoxy) is 1. The van der Waals surface area contributed by atoms with Crippen molar-refractivity contribution in [3.05, 3.63) is 94.8 Å². The van der Waals surface area contributed by atoms with Crippen LogP contribution in [0.1, 0.15) is 16.7 Å². The molecular weight excluding hydrogens is 336 g/mol. The van der Waals surface area contributed by atoms with E-state index in [1.165, 1.54) is 0 Å². The van der Waals surface area contributed by atoms with E-state index in [0.717, 1.165) is 22.4 Å². The third-order valence-electron chi connectivity index (χ3n) is 3.78. The first-order valence-corrected chi connectivity index (χ1v) is 8.25. The Bertz CT molecular complexity index is 849. The maximum Gasteiger partial charge on any atom is 0.119 e. The number of hydrogen-bond donors (Lipinski definition) is 1. The molecule has 3 rings (SSSR count). The van der Waals surface area contributed by atoms with Gasteiger partial charge in [-0.2, -0.15) is 0 Å². The largest absolute Gasteiger partial charge is 0.493 e. The molecule has 0 atom stereocenters. The molecule has 0 aliphatic heterocycles. The maximum atomic E-state index is 9.51. The van der Waals surface area contributed by atoms with Crippen LogP contribution in [0.3, 0.4) is 0 Å². The monoisotopic (exact) mass is 352 g/mol. The smallest absolute Gasteiger partial charge is 0.119 e. The second-order valence-electron chi connectivity index (χ2n) is 5.39. The molecule has 0 amide bonds. The Labute approximate surface area is 151 Å². The molecule has 0 saturated carbocycles. The number of pyridine rings is 1. The Morgan fingerprint density at radius 2 is 1.72 bits per heavy atom. The van der Waals surface area contributed by atoms with E-state index in [9.17, 15) is 5.21 Å². The molecule has 0 unspecified atom stereocenters. The predicted octanol–water partition coefficient (Wildman–Crippen LogP) is 4.58. The lowest BCUT2D eigenvalue weighted by Gasteiger charge is -2.12. The third-order valence-corrected chi connectivity index (χ3v) is 4.03. The van der Waals surface area contributed by atoms with E-state index in [1.807, 2.05) is 48.5 Å². The normalized spacial score (nSPS) is 11.3. The van der Waals surface area contributed by atoms with Gasteiger partial charge in [0.1, 0.15) is 11.5 Å². The van der Waals surface area contributed by atoms with Crippen LogP contribution in [0, 0.1) is 0 Å². The first-order valence-electron chi connectivity index (χ1n) is 7.87. The van der Waals surface area contributed by atoms with Crippen LogP contribution in [0.2, 0.25) is 5.02 Å². The van der Waals surface area contributed by atoms with Crippen LogP contribution in [-0.4, -0.2) is 22.5 Å². The fourth-order valence-corrected chi connectivity index (χ4v) is 2.68. The molecule has 0 aliphatic carbocycles. The average molecular weight is 353 g/mol. The van der Waals surface area contributed by atoms with Crippen molar-refractivity contribution in [1.29, 1.82) is 0 Å². The molecule has 1 heterocycles. The minimum Gasteiger partial charge on any atom is -0.493 e. The highest BCUT2D eigenvalue weighted by atomic mass is 35.5. The lowest BCUT2D eigenvalue weighted by molar-refractivity contribution is 0.318. The summed E-state index contributed by atoms with van der Waals surface area (Å²) in [7, 11) is 0. The molecule has 5 heteroatoms. The molecule has 0 fully saturated rings. The highest BCUT2D eigenvalue weighted by molar-refractivity contribution is 6.30. The van der Waals surface area contributed by atoms with Crippen LogP contribution >= 0.6 is 11.6 Å². The Hall–Kier alpha value is -2.85. The highest BCUT2D eigenvalue weighted by Crippen LogP contribution is 2.18. The third kappa shape index (κ3) is 4.37. The van der Waals surface area contributed by atoms with Crippen LogP contribution in [0.25, 0.3) is 0 Å². The number of rotatable bonds is 6. The van der Waals surface area contributed by atoms with Crippen molar-refractivity contribution >= 4 is 17.3 Å². The van der Waals surface area contributed by atoms with Gasteiger partial charge in [-0.15, -0.1) is 0 Å². The first-order chi connectivity index (χ1) is 12.3. The SMILES string of the molecule is ON=C(c1ccncc1)c1ccccc1CCOc1ccc(Cl)cc1. The van der Waals surface area contributed by atoms with Crippen molar-refractivity contribution in [3.8, 4) is 5.75 Å². The van der Waals surface area contributed by atoms with Crippen molar-refractivity contribution in [2.45, 2.75) is 6.42 Å². The van der Waals surface area contributed by atoms with Gasteiger partial charge in [0.05, 0.1) is 6.61 Å². The number of halogens is 1. The van der Waals surface area contributed by atoms with Gasteiger partial charge in [-0.05, 0) is 42.0 Å². The van der Waals surface area contributed by atoms with E-state index >= 15 is 0 Å². The summed E-state index contributed by atoms with van der Waals surface area (Å²) >= 11 is 5.87.